The van der Waals surface area contributed by atoms with Gasteiger partial charge in [-0.25, -0.2) is 0 Å². The fourth-order valence-corrected chi connectivity index (χ4v) is 0.970. The normalized spacial score (nSPS) is 8.11. The molecule has 0 nitrogen and oxygen atoms in total. The third-order valence-electron chi connectivity index (χ3n) is 1.22. The minimum Gasteiger partial charge on any atom is -1.00 e. The van der Waals surface area contributed by atoms with E-state index in [0.717, 1.165) is 0 Å². The predicted octanol–water partition coefficient (Wildman–Crippen LogP) is -2.63. The number of hydrogen-bond acceptors (Lipinski definition) is 0. The molecule has 0 saturated carbocycles. The van der Waals surface area contributed by atoms with Crippen LogP contribution < -0.4 is 23.3 Å². The summed E-state index contributed by atoms with van der Waals surface area (Å²) in [5.74, 6) is 0. The summed E-state index contributed by atoms with van der Waals surface area (Å²) in [6, 6.07) is 8.67. The maximum absolute atomic E-state index is 2.18. The first kappa shape index (κ1) is 9.35. The van der Waals surface area contributed by atoms with Gasteiger partial charge < -0.3 is 1.43 Å². The first-order valence-corrected chi connectivity index (χ1v) is 3.82. The van der Waals surface area contributed by atoms with Crippen LogP contribution in [0.4, 0.5) is 0 Å². The average molecular weight is 128 g/mol. The predicted molar refractivity (Wildman–Crippen MR) is 40.5 cm³/mol. The van der Waals surface area contributed by atoms with Gasteiger partial charge in [0.25, 0.3) is 16.3 Å². The largest absolute Gasteiger partial charge is 1.00 e. The van der Waals surface area contributed by atoms with E-state index < -0.39 is 0 Å². The van der Waals surface area contributed by atoms with Gasteiger partial charge in [0.05, 0.1) is 0 Å². The van der Waals surface area contributed by atoms with Gasteiger partial charge in [-0.3, -0.25) is 0 Å². The Morgan fingerprint density at radius 2 is 1.67 bits per heavy atom. The van der Waals surface area contributed by atoms with Crippen LogP contribution in [0, 0.1) is 6.92 Å². The van der Waals surface area contributed by atoms with Crippen LogP contribution >= 0.6 is 0 Å². The summed E-state index contributed by atoms with van der Waals surface area (Å²) in [6.45, 7) is 2.11. The van der Waals surface area contributed by atoms with E-state index in [1.165, 1.54) is 26.3 Å². The Balaban J connectivity index is 0. The molecule has 0 aliphatic rings. The van der Waals surface area contributed by atoms with E-state index in [1.807, 2.05) is 0 Å². The summed E-state index contributed by atoms with van der Waals surface area (Å²) in [4.78, 5) is 0. The van der Waals surface area contributed by atoms with E-state index in [4.69, 9.17) is 0 Å². The van der Waals surface area contributed by atoms with E-state index in [9.17, 15) is 0 Å². The molecule has 1 aromatic carbocycles. The van der Waals surface area contributed by atoms with Crippen LogP contribution in [0.2, 0.25) is 0 Å². The molecular weight excluding hydrogens is 118 g/mol. The van der Waals surface area contributed by atoms with Gasteiger partial charge in [-0.15, -0.1) is 4.43 Å². The number of rotatable bonds is 0. The van der Waals surface area contributed by atoms with Gasteiger partial charge in [-0.2, -0.15) is 0 Å². The first-order valence-electron chi connectivity index (χ1n) is 2.82. The van der Waals surface area contributed by atoms with Crippen LogP contribution in [0.25, 0.3) is 0 Å². The maximum Gasteiger partial charge on any atom is 1.00 e. The van der Waals surface area contributed by atoms with Crippen molar-refractivity contribution < 1.29 is 20.3 Å². The van der Waals surface area contributed by atoms with E-state index in [1.54, 1.807) is 0 Å². The molecule has 0 spiro atoms. The van der Waals surface area contributed by atoms with Gasteiger partial charge in [-0.05, 0) is 6.92 Å². The number of hydrogen-bond donors (Lipinski definition) is 0. The fraction of sp³-hybridized carbons (Fsp3) is 0.143. The van der Waals surface area contributed by atoms with Crippen molar-refractivity contribution in [1.29, 1.82) is 0 Å². The summed E-state index contributed by atoms with van der Waals surface area (Å²) < 4.78 is 1.47. The molecule has 0 saturated heterocycles. The van der Waals surface area contributed by atoms with E-state index >= 15 is 0 Å². The van der Waals surface area contributed by atoms with Crippen molar-refractivity contribution in [3.8, 4) is 0 Å². The zero-order valence-corrected chi connectivity index (χ0v) is 8.31. The molecule has 0 aliphatic heterocycles. The Morgan fingerprint density at radius 3 is 2.00 bits per heavy atom. The fourth-order valence-electron chi connectivity index (χ4n) is 0.637. The van der Waals surface area contributed by atoms with Crippen LogP contribution in [0.15, 0.2) is 24.3 Å². The Hall–Kier alpha value is 0.350. The topological polar surface area (TPSA) is 0 Å². The molecule has 0 atom stereocenters. The van der Waals surface area contributed by atoms with Crippen molar-refractivity contribution in [2.24, 2.45) is 0 Å². The zero-order chi connectivity index (χ0) is 5.98. The summed E-state index contributed by atoms with van der Waals surface area (Å²) in [6.07, 6.45) is 0. The standard InChI is InChI=1S/C7H7.Al.Li.3H/c1-7-5-3-2-4-6-7;;;;;/h3-6H,1H3;;;;;/q;;+1;;;-1. The Kier molecular flexibility index (Phi) is 4.37. The van der Waals surface area contributed by atoms with Crippen molar-refractivity contribution >= 4 is 20.7 Å². The molecule has 0 amide bonds. The number of benzene rings is 1. The van der Waals surface area contributed by atoms with Crippen LogP contribution in [-0.2, 0) is 0 Å². The van der Waals surface area contributed by atoms with E-state index in [0.29, 0.717) is 0 Å². The molecule has 9 heavy (non-hydrogen) atoms. The molecule has 0 radical (unpaired) electrons. The van der Waals surface area contributed by atoms with Crippen molar-refractivity contribution in [3.05, 3.63) is 29.8 Å². The SMILES string of the molecule is Cc1cc[c]([AlH2])cc1.[H-].[Li+]. The van der Waals surface area contributed by atoms with Gasteiger partial charge in [0, 0.05) is 0 Å². The quantitative estimate of drug-likeness (QED) is 0.335. The molecule has 0 aliphatic carbocycles. The second-order valence-corrected chi connectivity index (χ2v) is 3.31. The molecule has 0 bridgehead atoms. The van der Waals surface area contributed by atoms with Crippen LogP contribution in [0.3, 0.4) is 0 Å². The molecule has 2 heteroatoms. The molecule has 0 fully saturated rings. The smallest absolute Gasteiger partial charge is 1.00 e. The second kappa shape index (κ2) is 4.21. The van der Waals surface area contributed by atoms with E-state index in [-0.39, 0.29) is 20.3 Å². The number of aryl methyl sites for hydroxylation is 1. The van der Waals surface area contributed by atoms with Crippen molar-refractivity contribution in [1.82, 2.24) is 0 Å². The average Bonchev–Trinajstić information content (AvgIpc) is 1.77. The molecular formula is C7H10AlLi. The van der Waals surface area contributed by atoms with Crippen molar-refractivity contribution in [2.75, 3.05) is 0 Å². The minimum absolute atomic E-state index is 0. The minimum atomic E-state index is 0. The molecule has 0 aromatic heterocycles. The first-order chi connectivity index (χ1) is 3.79. The van der Waals surface area contributed by atoms with Gasteiger partial charge in [-0.1, -0.05) is 29.8 Å². The van der Waals surface area contributed by atoms with Gasteiger partial charge in [0.1, 0.15) is 0 Å². The van der Waals surface area contributed by atoms with Gasteiger partial charge in [0.15, 0.2) is 0 Å². The third kappa shape index (κ3) is 3.14. The van der Waals surface area contributed by atoms with Gasteiger partial charge in [0.2, 0.25) is 0 Å². The summed E-state index contributed by atoms with van der Waals surface area (Å²) >= 11 is 1.17. The van der Waals surface area contributed by atoms with Crippen LogP contribution in [0.1, 0.15) is 6.99 Å². The molecule has 0 N–H and O–H groups in total. The molecule has 1 aromatic rings. The summed E-state index contributed by atoms with van der Waals surface area (Å²) in [5.41, 5.74) is 1.35. The second-order valence-electron chi connectivity index (χ2n) is 2.15. The molecule has 1 rings (SSSR count). The van der Waals surface area contributed by atoms with Gasteiger partial charge >= 0.3 is 18.9 Å². The Labute approximate surface area is 77.7 Å². The summed E-state index contributed by atoms with van der Waals surface area (Å²) in [5, 5.41) is 0. The van der Waals surface area contributed by atoms with Crippen molar-refractivity contribution in [2.45, 2.75) is 6.92 Å². The van der Waals surface area contributed by atoms with E-state index in [2.05, 4.69) is 31.2 Å². The van der Waals surface area contributed by atoms with Crippen LogP contribution in [-0.4, -0.2) is 16.3 Å². The zero-order valence-electron chi connectivity index (χ0n) is 7.31. The summed E-state index contributed by atoms with van der Waals surface area (Å²) in [7, 11) is 0. The van der Waals surface area contributed by atoms with Crippen molar-refractivity contribution in [3.63, 3.8) is 0 Å². The van der Waals surface area contributed by atoms with Crippen LogP contribution in [0.5, 0.6) is 0 Å². The monoisotopic (exact) mass is 128 g/mol. The molecule has 0 heterocycles. The Bertz CT molecular complexity index is 152. The third-order valence-corrected chi connectivity index (χ3v) is 1.88. The molecule has 42 valence electrons. The Morgan fingerprint density at radius 1 is 1.22 bits per heavy atom. The molecule has 0 unspecified atom stereocenters. The maximum atomic E-state index is 2.18.